The van der Waals surface area contributed by atoms with Gasteiger partial charge in [-0.1, -0.05) is 55.8 Å². The van der Waals surface area contributed by atoms with Gasteiger partial charge < -0.3 is 10.1 Å². The topological polar surface area (TPSA) is 69.3 Å². The molecular formula is C31H29F3N6OS2. The van der Waals surface area contributed by atoms with Crippen LogP contribution in [0.25, 0.3) is 22.8 Å². The summed E-state index contributed by atoms with van der Waals surface area (Å²) >= 11 is 7.12. The number of benzene rings is 3. The Hall–Kier alpha value is -4.29. The van der Waals surface area contributed by atoms with Crippen molar-refractivity contribution in [2.75, 3.05) is 0 Å². The predicted octanol–water partition coefficient (Wildman–Crippen LogP) is 7.40. The number of nitrogens with zero attached hydrogens (tertiary/aromatic N) is 5. The first kappa shape index (κ1) is 30.2. The molecule has 0 spiro atoms. The minimum atomic E-state index is -4.74. The van der Waals surface area contributed by atoms with Crippen LogP contribution in [0.15, 0.2) is 83.4 Å². The van der Waals surface area contributed by atoms with Crippen molar-refractivity contribution in [2.24, 2.45) is 4.99 Å². The van der Waals surface area contributed by atoms with Crippen LogP contribution >= 0.6 is 23.6 Å². The van der Waals surface area contributed by atoms with Gasteiger partial charge in [-0.2, -0.15) is 4.99 Å². The van der Waals surface area contributed by atoms with Gasteiger partial charge in [0.1, 0.15) is 12.1 Å². The van der Waals surface area contributed by atoms with Gasteiger partial charge in [0.15, 0.2) is 15.7 Å². The van der Waals surface area contributed by atoms with E-state index in [1.807, 2.05) is 24.3 Å². The van der Waals surface area contributed by atoms with Crippen molar-refractivity contribution in [1.82, 2.24) is 24.6 Å². The number of alkyl halides is 3. The van der Waals surface area contributed by atoms with Gasteiger partial charge in [-0.25, -0.2) is 9.67 Å². The van der Waals surface area contributed by atoms with Crippen LogP contribution in [0.3, 0.4) is 0 Å². The van der Waals surface area contributed by atoms with E-state index in [0.29, 0.717) is 29.1 Å². The van der Waals surface area contributed by atoms with E-state index >= 15 is 0 Å². The van der Waals surface area contributed by atoms with Crippen LogP contribution in [-0.2, 0) is 6.54 Å². The third-order valence-corrected chi connectivity index (χ3v) is 7.78. The number of thiazole rings is 1. The molecule has 0 aliphatic heterocycles. The zero-order chi connectivity index (χ0) is 30.7. The Labute approximate surface area is 256 Å². The molecule has 7 nitrogen and oxygen atoms in total. The summed E-state index contributed by atoms with van der Waals surface area (Å²) in [6, 6.07) is 19.6. The smallest absolute Gasteiger partial charge is 0.406 e. The van der Waals surface area contributed by atoms with Crippen LogP contribution < -0.4 is 14.9 Å². The van der Waals surface area contributed by atoms with Crippen LogP contribution in [0.1, 0.15) is 42.1 Å². The molecule has 222 valence electrons. The molecule has 0 aliphatic rings. The van der Waals surface area contributed by atoms with Crippen molar-refractivity contribution in [3.63, 3.8) is 0 Å². The Bertz CT molecular complexity index is 1800. The van der Waals surface area contributed by atoms with Crippen LogP contribution in [0, 0.1) is 13.8 Å². The summed E-state index contributed by atoms with van der Waals surface area (Å²) in [5.74, 6) is 0.541. The van der Waals surface area contributed by atoms with Crippen molar-refractivity contribution < 1.29 is 17.9 Å². The number of thiocarbonyl (C=S) groups is 1. The standard InChI is InChI=1S/C31H29F3N6OS2/c1-19(2)26-15-20(3)5-14-27(26)40-21(4)17-43-30(40)37-29(42)35-16-22-6-8-23(9-7-22)28-36-18-39(38-28)24-10-12-25(13-11-24)41-31(32,33)34/h5-15,17-19H,16H2,1-4H3,(H,35,42). The number of rotatable bonds is 7. The number of halogens is 3. The highest BCUT2D eigenvalue weighted by atomic mass is 32.1. The molecule has 0 unspecified atom stereocenters. The number of ether oxygens (including phenoxy) is 1. The van der Waals surface area contributed by atoms with Gasteiger partial charge in [-0.05, 0) is 73.4 Å². The largest absolute Gasteiger partial charge is 0.573 e. The molecule has 12 heteroatoms. The molecule has 0 fully saturated rings. The van der Waals surface area contributed by atoms with Crippen LogP contribution in [-0.4, -0.2) is 30.8 Å². The molecule has 0 bridgehead atoms. The number of nitrogens with one attached hydrogen (secondary N) is 1. The van der Waals surface area contributed by atoms with Gasteiger partial charge in [0.2, 0.25) is 0 Å². The van der Waals surface area contributed by atoms with Gasteiger partial charge in [-0.3, -0.25) is 4.57 Å². The highest BCUT2D eigenvalue weighted by molar-refractivity contribution is 7.80. The minimum absolute atomic E-state index is 0.302. The van der Waals surface area contributed by atoms with Crippen molar-refractivity contribution >= 4 is 28.7 Å². The molecule has 3 aromatic carbocycles. The van der Waals surface area contributed by atoms with Gasteiger partial charge in [-0.15, -0.1) is 29.6 Å². The molecule has 5 aromatic rings. The van der Waals surface area contributed by atoms with Crippen molar-refractivity contribution in [3.05, 3.63) is 106 Å². The lowest BCUT2D eigenvalue weighted by atomic mass is 9.99. The molecule has 0 radical (unpaired) electrons. The van der Waals surface area contributed by atoms with E-state index in [0.717, 1.165) is 27.3 Å². The maximum Gasteiger partial charge on any atom is 0.573 e. The lowest BCUT2D eigenvalue weighted by Crippen LogP contribution is -2.24. The number of hydrogen-bond donors (Lipinski definition) is 1. The lowest BCUT2D eigenvalue weighted by molar-refractivity contribution is -0.274. The molecule has 2 aromatic heterocycles. The molecule has 1 N–H and O–H groups in total. The minimum Gasteiger partial charge on any atom is -0.406 e. The zero-order valence-corrected chi connectivity index (χ0v) is 25.5. The first-order valence-corrected chi connectivity index (χ1v) is 14.7. The fraction of sp³-hybridized carbons (Fsp3) is 0.226. The maximum absolute atomic E-state index is 12.4. The van der Waals surface area contributed by atoms with Gasteiger partial charge >= 0.3 is 6.36 Å². The van der Waals surface area contributed by atoms with E-state index in [1.54, 1.807) is 11.3 Å². The summed E-state index contributed by atoms with van der Waals surface area (Å²) < 4.78 is 44.8. The summed E-state index contributed by atoms with van der Waals surface area (Å²) in [5.41, 5.74) is 7.03. The molecule has 5 rings (SSSR count). The molecule has 0 aliphatic carbocycles. The fourth-order valence-corrected chi connectivity index (χ4v) is 5.59. The SMILES string of the molecule is Cc1ccc(-n2c(C)csc2=NC(=S)NCc2ccc(-c3ncn(-c4ccc(OC(F)(F)F)cc4)n3)cc2)c(C(C)C)c1. The third kappa shape index (κ3) is 7.38. The molecule has 2 heterocycles. The van der Waals surface area contributed by atoms with Gasteiger partial charge in [0.05, 0.1) is 11.4 Å². The summed E-state index contributed by atoms with van der Waals surface area (Å²) in [4.78, 5) is 9.88. The summed E-state index contributed by atoms with van der Waals surface area (Å²) in [6.45, 7) is 9.04. The first-order chi connectivity index (χ1) is 20.5. The summed E-state index contributed by atoms with van der Waals surface area (Å²) in [6.07, 6.45) is -3.24. The van der Waals surface area contributed by atoms with E-state index in [-0.39, 0.29) is 5.75 Å². The number of hydrogen-bond acceptors (Lipinski definition) is 5. The maximum atomic E-state index is 12.4. The van der Waals surface area contributed by atoms with E-state index in [4.69, 9.17) is 17.2 Å². The average molecular weight is 623 g/mol. The average Bonchev–Trinajstić information content (AvgIpc) is 3.59. The Morgan fingerprint density at radius 2 is 1.77 bits per heavy atom. The second-order valence-corrected chi connectivity index (χ2v) is 11.5. The Balaban J connectivity index is 1.25. The van der Waals surface area contributed by atoms with Crippen LogP contribution in [0.4, 0.5) is 13.2 Å². The quantitative estimate of drug-likeness (QED) is 0.192. The van der Waals surface area contributed by atoms with Crippen LogP contribution in [0.2, 0.25) is 0 Å². The van der Waals surface area contributed by atoms with E-state index in [2.05, 4.69) is 76.0 Å². The van der Waals surface area contributed by atoms with E-state index in [9.17, 15) is 13.2 Å². The summed E-state index contributed by atoms with van der Waals surface area (Å²) in [7, 11) is 0. The van der Waals surface area contributed by atoms with Crippen LogP contribution in [0.5, 0.6) is 5.75 Å². The Morgan fingerprint density at radius 3 is 2.44 bits per heavy atom. The third-order valence-electron chi connectivity index (χ3n) is 6.60. The summed E-state index contributed by atoms with van der Waals surface area (Å²) in [5, 5.41) is 10.2. The molecule has 0 saturated carbocycles. The van der Waals surface area contributed by atoms with E-state index in [1.165, 1.54) is 46.4 Å². The van der Waals surface area contributed by atoms with Gasteiger partial charge in [0, 0.05) is 23.2 Å². The lowest BCUT2D eigenvalue weighted by Gasteiger charge is -2.16. The highest BCUT2D eigenvalue weighted by Crippen LogP contribution is 2.26. The van der Waals surface area contributed by atoms with Crippen molar-refractivity contribution in [2.45, 2.75) is 46.5 Å². The normalized spacial score (nSPS) is 12.1. The second kappa shape index (κ2) is 12.5. The molecule has 43 heavy (non-hydrogen) atoms. The monoisotopic (exact) mass is 622 g/mol. The molecule has 0 amide bonds. The van der Waals surface area contributed by atoms with Crippen molar-refractivity contribution in [1.29, 1.82) is 0 Å². The Kier molecular flexibility index (Phi) is 8.79. The molecule has 0 atom stereocenters. The molecule has 0 saturated heterocycles. The zero-order valence-electron chi connectivity index (χ0n) is 23.9. The fourth-order valence-electron chi connectivity index (χ4n) is 4.50. The first-order valence-electron chi connectivity index (χ1n) is 13.4. The Morgan fingerprint density at radius 1 is 1.05 bits per heavy atom. The number of aryl methyl sites for hydroxylation is 2. The van der Waals surface area contributed by atoms with E-state index < -0.39 is 6.36 Å². The molecular weight excluding hydrogens is 594 g/mol. The van der Waals surface area contributed by atoms with Crippen molar-refractivity contribution in [3.8, 4) is 28.5 Å². The predicted molar refractivity (Wildman–Crippen MR) is 166 cm³/mol. The van der Waals surface area contributed by atoms with Gasteiger partial charge in [0.25, 0.3) is 0 Å². The second-order valence-electron chi connectivity index (χ2n) is 10.2. The number of aromatic nitrogens is 4. The highest BCUT2D eigenvalue weighted by Gasteiger charge is 2.31.